The number of carbonyl (C=O) groups excluding carboxylic acids is 2. The number of allylic oxidation sites excluding steroid dienone is 6. The van der Waals surface area contributed by atoms with E-state index in [0.717, 1.165) is 51.4 Å². The SMILES string of the molecule is CCCCCC/C=C\C/C=C\CCCCCCCCCC(=O)OCCCCCCCCCCCCCC/C=C\CCCCCCCCCC(=O)NC(CO)C(O)CCCCCCCCCCCCCCCCCCCCCCC. The maximum Gasteiger partial charge on any atom is 0.305 e. The van der Waals surface area contributed by atoms with Crippen LogP contribution in [0.1, 0.15) is 393 Å². The van der Waals surface area contributed by atoms with Gasteiger partial charge >= 0.3 is 5.97 Å². The quantitative estimate of drug-likeness (QED) is 0.0320. The van der Waals surface area contributed by atoms with E-state index in [1.165, 1.54) is 308 Å². The summed E-state index contributed by atoms with van der Waals surface area (Å²) in [6.07, 6.45) is 87.6. The molecule has 79 heavy (non-hydrogen) atoms. The highest BCUT2D eigenvalue weighted by molar-refractivity contribution is 5.76. The van der Waals surface area contributed by atoms with Crippen LogP contribution < -0.4 is 5.32 Å². The lowest BCUT2D eigenvalue weighted by atomic mass is 10.0. The molecule has 3 N–H and O–H groups in total. The number of carbonyl (C=O) groups is 2. The summed E-state index contributed by atoms with van der Waals surface area (Å²) in [6.45, 7) is 4.96. The van der Waals surface area contributed by atoms with Gasteiger partial charge in [-0.15, -0.1) is 0 Å². The van der Waals surface area contributed by atoms with Gasteiger partial charge in [-0.2, -0.15) is 0 Å². The lowest BCUT2D eigenvalue weighted by Crippen LogP contribution is -2.45. The summed E-state index contributed by atoms with van der Waals surface area (Å²) in [6, 6.07) is -0.548. The zero-order valence-electron chi connectivity index (χ0n) is 53.4. The second-order valence-corrected chi connectivity index (χ2v) is 24.6. The molecule has 0 spiro atoms. The zero-order chi connectivity index (χ0) is 57.1. The molecular formula is C73H139NO5. The molecule has 0 radical (unpaired) electrons. The number of hydrogen-bond donors (Lipinski definition) is 3. The lowest BCUT2D eigenvalue weighted by molar-refractivity contribution is -0.143. The van der Waals surface area contributed by atoms with Crippen molar-refractivity contribution in [1.82, 2.24) is 5.32 Å². The van der Waals surface area contributed by atoms with E-state index in [0.29, 0.717) is 25.9 Å². The number of rotatable bonds is 67. The molecule has 466 valence electrons. The number of amides is 1. The Kier molecular flexibility index (Phi) is 66.9. The summed E-state index contributed by atoms with van der Waals surface area (Å²) in [5.74, 6) is -0.0327. The van der Waals surface area contributed by atoms with Crippen LogP contribution in [0.25, 0.3) is 0 Å². The van der Waals surface area contributed by atoms with Crippen LogP contribution in [0.2, 0.25) is 0 Å². The van der Waals surface area contributed by atoms with Crippen molar-refractivity contribution in [2.75, 3.05) is 13.2 Å². The smallest absolute Gasteiger partial charge is 0.305 e. The van der Waals surface area contributed by atoms with Gasteiger partial charge in [0.15, 0.2) is 0 Å². The third kappa shape index (κ3) is 65.1. The minimum atomic E-state index is -0.670. The molecule has 1 amide bonds. The Morgan fingerprint density at radius 1 is 0.354 bits per heavy atom. The summed E-state index contributed by atoms with van der Waals surface area (Å²) >= 11 is 0. The topological polar surface area (TPSA) is 95.9 Å². The molecule has 0 aromatic carbocycles. The summed E-state index contributed by atoms with van der Waals surface area (Å²) in [5, 5.41) is 23.4. The van der Waals surface area contributed by atoms with Gasteiger partial charge in [0, 0.05) is 12.8 Å². The maximum absolute atomic E-state index is 12.5. The third-order valence-corrected chi connectivity index (χ3v) is 16.7. The Morgan fingerprint density at radius 2 is 0.633 bits per heavy atom. The average Bonchev–Trinajstić information content (AvgIpc) is 3.45. The van der Waals surface area contributed by atoms with E-state index in [1.807, 2.05) is 0 Å². The first-order chi connectivity index (χ1) is 39.0. The molecule has 2 atom stereocenters. The Bertz CT molecular complexity index is 1280. The molecule has 6 heteroatoms. The van der Waals surface area contributed by atoms with Crippen LogP contribution in [0.4, 0.5) is 0 Å². The van der Waals surface area contributed by atoms with Crippen LogP contribution >= 0.6 is 0 Å². The number of unbranched alkanes of at least 4 members (excludes halogenated alkanes) is 50. The van der Waals surface area contributed by atoms with Crippen molar-refractivity contribution < 1.29 is 24.5 Å². The van der Waals surface area contributed by atoms with Crippen LogP contribution in [0.15, 0.2) is 36.5 Å². The van der Waals surface area contributed by atoms with E-state index in [9.17, 15) is 19.8 Å². The molecule has 0 aromatic heterocycles. The minimum absolute atomic E-state index is 0.00487. The van der Waals surface area contributed by atoms with E-state index in [2.05, 4.69) is 55.6 Å². The first-order valence-electron chi connectivity index (χ1n) is 35.7. The molecule has 0 aliphatic heterocycles. The highest BCUT2D eigenvalue weighted by Crippen LogP contribution is 2.19. The molecule has 0 saturated carbocycles. The van der Waals surface area contributed by atoms with Gasteiger partial charge < -0.3 is 20.3 Å². The largest absolute Gasteiger partial charge is 0.466 e. The monoisotopic (exact) mass is 1110 g/mol. The molecule has 0 fully saturated rings. The molecule has 2 unspecified atom stereocenters. The first-order valence-corrected chi connectivity index (χ1v) is 35.7. The zero-order valence-corrected chi connectivity index (χ0v) is 53.4. The Hall–Kier alpha value is -1.92. The summed E-state index contributed by atoms with van der Waals surface area (Å²) < 4.78 is 5.50. The lowest BCUT2D eigenvalue weighted by Gasteiger charge is -2.22. The second kappa shape index (κ2) is 68.6. The number of aliphatic hydroxyl groups is 2. The molecule has 0 saturated heterocycles. The number of ether oxygens (including phenoxy) is 1. The van der Waals surface area contributed by atoms with Crippen molar-refractivity contribution >= 4 is 11.9 Å². The highest BCUT2D eigenvalue weighted by atomic mass is 16.5. The van der Waals surface area contributed by atoms with Crippen LogP contribution in [0.3, 0.4) is 0 Å². The third-order valence-electron chi connectivity index (χ3n) is 16.7. The van der Waals surface area contributed by atoms with Gasteiger partial charge in [0.05, 0.1) is 25.4 Å². The van der Waals surface area contributed by atoms with Crippen LogP contribution in [0.5, 0.6) is 0 Å². The average molecular weight is 1110 g/mol. The van der Waals surface area contributed by atoms with Gasteiger partial charge in [0.2, 0.25) is 5.91 Å². The summed E-state index contributed by atoms with van der Waals surface area (Å²) in [4.78, 5) is 24.6. The first kappa shape index (κ1) is 77.1. The highest BCUT2D eigenvalue weighted by Gasteiger charge is 2.20. The number of nitrogens with one attached hydrogen (secondary N) is 1. The number of aliphatic hydroxyl groups excluding tert-OH is 2. The molecule has 6 nitrogen and oxygen atoms in total. The second-order valence-electron chi connectivity index (χ2n) is 24.6. The van der Waals surface area contributed by atoms with Crippen LogP contribution in [-0.2, 0) is 14.3 Å². The van der Waals surface area contributed by atoms with Gasteiger partial charge in [0.25, 0.3) is 0 Å². The van der Waals surface area contributed by atoms with Crippen molar-refractivity contribution in [2.45, 2.75) is 405 Å². The van der Waals surface area contributed by atoms with Gasteiger partial charge in [-0.05, 0) is 83.5 Å². The predicted octanol–water partition coefficient (Wildman–Crippen LogP) is 23.1. The molecule has 0 bridgehead atoms. The Labute approximate surface area is 494 Å². The fourth-order valence-corrected chi connectivity index (χ4v) is 11.2. The number of esters is 1. The minimum Gasteiger partial charge on any atom is -0.466 e. The Balaban J connectivity index is 3.41. The van der Waals surface area contributed by atoms with E-state index in [-0.39, 0.29) is 18.5 Å². The molecule has 0 aliphatic rings. The van der Waals surface area contributed by atoms with Crippen molar-refractivity contribution in [1.29, 1.82) is 0 Å². The Morgan fingerprint density at radius 3 is 0.987 bits per heavy atom. The van der Waals surface area contributed by atoms with Gasteiger partial charge in [0.1, 0.15) is 0 Å². The van der Waals surface area contributed by atoms with E-state index >= 15 is 0 Å². The summed E-state index contributed by atoms with van der Waals surface area (Å²) in [5.41, 5.74) is 0. The van der Waals surface area contributed by atoms with Crippen molar-refractivity contribution in [3.05, 3.63) is 36.5 Å². The van der Waals surface area contributed by atoms with Gasteiger partial charge in [-0.1, -0.05) is 333 Å². The van der Waals surface area contributed by atoms with Crippen LogP contribution in [-0.4, -0.2) is 47.4 Å². The maximum atomic E-state index is 12.5. The van der Waals surface area contributed by atoms with E-state index in [1.54, 1.807) is 0 Å². The predicted molar refractivity (Wildman–Crippen MR) is 347 cm³/mol. The normalized spacial score (nSPS) is 12.7. The molecule has 0 aliphatic carbocycles. The van der Waals surface area contributed by atoms with E-state index in [4.69, 9.17) is 4.74 Å². The van der Waals surface area contributed by atoms with Crippen molar-refractivity contribution in [2.24, 2.45) is 0 Å². The van der Waals surface area contributed by atoms with Crippen molar-refractivity contribution in [3.63, 3.8) is 0 Å². The van der Waals surface area contributed by atoms with Crippen molar-refractivity contribution in [3.8, 4) is 0 Å². The van der Waals surface area contributed by atoms with E-state index < -0.39 is 12.1 Å². The molecular weight excluding hydrogens is 971 g/mol. The van der Waals surface area contributed by atoms with Gasteiger partial charge in [-0.25, -0.2) is 0 Å². The fraction of sp³-hybridized carbons (Fsp3) is 0.890. The molecule has 0 heterocycles. The standard InChI is InChI=1S/C73H139NO5/c1-3-5-7-9-11-13-15-17-19-21-23-27-30-33-37-41-45-49-53-57-61-65-71(76)70(69-75)74-72(77)66-62-58-54-50-46-42-38-34-31-28-25-24-26-29-32-36-40-44-48-52-56-60-64-68-79-73(78)67-63-59-55-51-47-43-39-35-22-20-18-16-14-12-10-8-6-4-2/h14,16,20,22,28,31,70-71,75-76H,3-13,15,17-19,21,23-27,29-30,32-69H2,1-2H3,(H,74,77)/b16-14-,22-20-,31-28-. The van der Waals surface area contributed by atoms with Gasteiger partial charge in [-0.3, -0.25) is 9.59 Å². The summed E-state index contributed by atoms with van der Waals surface area (Å²) in [7, 11) is 0. The molecule has 0 aromatic rings. The number of hydrogen-bond acceptors (Lipinski definition) is 5. The molecule has 0 rings (SSSR count). The van der Waals surface area contributed by atoms with Crippen LogP contribution in [0, 0.1) is 0 Å². The fourth-order valence-electron chi connectivity index (χ4n) is 11.2.